The Morgan fingerprint density at radius 3 is 2.60 bits per heavy atom. The van der Waals surface area contributed by atoms with Crippen LogP contribution >= 0.6 is 0 Å². The summed E-state index contributed by atoms with van der Waals surface area (Å²) in [5.41, 5.74) is 4.68. The smallest absolute Gasteiger partial charge is 0.251 e. The van der Waals surface area contributed by atoms with Crippen LogP contribution in [0, 0.1) is 6.92 Å². The first kappa shape index (κ1) is 14.9. The van der Waals surface area contributed by atoms with Gasteiger partial charge in [0.25, 0.3) is 5.91 Å². The van der Waals surface area contributed by atoms with E-state index in [1.165, 1.54) is 23.2 Å². The third-order valence-corrected chi connectivity index (χ3v) is 4.28. The molecule has 1 aromatic carbocycles. The van der Waals surface area contributed by atoms with Crippen molar-refractivity contribution in [2.45, 2.75) is 46.0 Å². The fraction of sp³-hybridized carbons (Fsp3) is 0.588. The summed E-state index contributed by atoms with van der Waals surface area (Å²) in [6.07, 6.45) is 3.52. The fourth-order valence-electron chi connectivity index (χ4n) is 3.09. The molecule has 0 aliphatic carbocycles. The van der Waals surface area contributed by atoms with Crippen molar-refractivity contribution in [3.63, 3.8) is 0 Å². The number of nitrogens with zero attached hydrogens (tertiary/aromatic N) is 1. The average Bonchev–Trinajstić information content (AvgIpc) is 2.38. The topological polar surface area (TPSA) is 32.3 Å². The van der Waals surface area contributed by atoms with Gasteiger partial charge in [0.1, 0.15) is 0 Å². The van der Waals surface area contributed by atoms with Gasteiger partial charge in [-0.3, -0.25) is 4.79 Å². The van der Waals surface area contributed by atoms with E-state index in [1.54, 1.807) is 7.05 Å². The maximum absolute atomic E-state index is 12.2. The summed E-state index contributed by atoms with van der Waals surface area (Å²) in [7, 11) is 1.71. The Morgan fingerprint density at radius 2 is 2.10 bits per heavy atom. The normalized spacial score (nSPS) is 15.7. The molecule has 0 bridgehead atoms. The highest BCUT2D eigenvalue weighted by molar-refractivity contribution is 5.97. The molecule has 1 N–H and O–H groups in total. The molecular weight excluding hydrogens is 248 g/mol. The first-order chi connectivity index (χ1) is 9.60. The van der Waals surface area contributed by atoms with Gasteiger partial charge in [0.2, 0.25) is 0 Å². The average molecular weight is 274 g/mol. The molecule has 2 rings (SSSR count). The lowest BCUT2D eigenvalue weighted by molar-refractivity contribution is 0.0961. The van der Waals surface area contributed by atoms with Crippen LogP contribution in [0.1, 0.15) is 60.5 Å². The van der Waals surface area contributed by atoms with Crippen molar-refractivity contribution in [1.82, 2.24) is 5.32 Å². The van der Waals surface area contributed by atoms with Crippen LogP contribution in [0.3, 0.4) is 0 Å². The van der Waals surface area contributed by atoms with Crippen molar-refractivity contribution < 1.29 is 4.79 Å². The van der Waals surface area contributed by atoms with Crippen molar-refractivity contribution in [2.75, 3.05) is 25.0 Å². The summed E-state index contributed by atoms with van der Waals surface area (Å²) in [6, 6.07) is 4.07. The van der Waals surface area contributed by atoms with Gasteiger partial charge in [-0.2, -0.15) is 0 Å². The molecule has 1 heterocycles. The number of carbonyl (C=O) groups excluding carboxylic acids is 1. The van der Waals surface area contributed by atoms with E-state index in [9.17, 15) is 4.79 Å². The maximum atomic E-state index is 12.2. The van der Waals surface area contributed by atoms with Crippen LogP contribution < -0.4 is 10.2 Å². The second kappa shape index (κ2) is 6.29. The summed E-state index contributed by atoms with van der Waals surface area (Å²) in [6.45, 7) is 8.83. The summed E-state index contributed by atoms with van der Waals surface area (Å²) >= 11 is 0. The van der Waals surface area contributed by atoms with Crippen LogP contribution in [0.5, 0.6) is 0 Å². The highest BCUT2D eigenvalue weighted by Gasteiger charge is 2.26. The van der Waals surface area contributed by atoms with Crippen LogP contribution in [0.4, 0.5) is 5.69 Å². The molecule has 1 unspecified atom stereocenters. The third kappa shape index (κ3) is 2.67. The quantitative estimate of drug-likeness (QED) is 0.891. The van der Waals surface area contributed by atoms with E-state index in [1.807, 2.05) is 6.07 Å². The first-order valence-electron chi connectivity index (χ1n) is 7.70. The molecule has 1 amide bonds. The van der Waals surface area contributed by atoms with Crippen LogP contribution in [-0.4, -0.2) is 26.0 Å². The Balaban J connectivity index is 2.54. The van der Waals surface area contributed by atoms with Gasteiger partial charge >= 0.3 is 0 Å². The molecule has 0 aromatic heterocycles. The minimum absolute atomic E-state index is 0.0322. The zero-order valence-corrected chi connectivity index (χ0v) is 13.1. The molecule has 1 fully saturated rings. The standard InChI is InChI=1S/C17H26N2O/c1-5-7-12(2)15-14(17(20)18-4)9-8-13(3)16(15)19-10-6-11-19/h8-9,12H,5-7,10-11H2,1-4H3,(H,18,20). The minimum Gasteiger partial charge on any atom is -0.371 e. The predicted molar refractivity (Wildman–Crippen MR) is 84.7 cm³/mol. The lowest BCUT2D eigenvalue weighted by Gasteiger charge is -2.38. The van der Waals surface area contributed by atoms with Crippen molar-refractivity contribution in [2.24, 2.45) is 0 Å². The molecule has 1 saturated heterocycles. The van der Waals surface area contributed by atoms with E-state index >= 15 is 0 Å². The van der Waals surface area contributed by atoms with Crippen LogP contribution in [0.25, 0.3) is 0 Å². The Hall–Kier alpha value is -1.51. The number of rotatable bonds is 5. The predicted octanol–water partition coefficient (Wildman–Crippen LogP) is 3.47. The Kier molecular flexibility index (Phi) is 4.69. The molecule has 3 heteroatoms. The second-order valence-electron chi connectivity index (χ2n) is 5.80. The number of carbonyl (C=O) groups is 1. The number of hydrogen-bond acceptors (Lipinski definition) is 2. The van der Waals surface area contributed by atoms with Gasteiger partial charge in [0.15, 0.2) is 0 Å². The summed E-state index contributed by atoms with van der Waals surface area (Å²) in [5, 5.41) is 2.78. The molecular formula is C17H26N2O. The van der Waals surface area contributed by atoms with Gasteiger partial charge in [-0.25, -0.2) is 0 Å². The van der Waals surface area contributed by atoms with E-state index in [-0.39, 0.29) is 5.91 Å². The highest BCUT2D eigenvalue weighted by atomic mass is 16.1. The Labute approximate surface area is 122 Å². The molecule has 20 heavy (non-hydrogen) atoms. The maximum Gasteiger partial charge on any atom is 0.251 e. The van der Waals surface area contributed by atoms with Gasteiger partial charge < -0.3 is 10.2 Å². The van der Waals surface area contributed by atoms with Crippen LogP contribution in [-0.2, 0) is 0 Å². The van der Waals surface area contributed by atoms with Gasteiger partial charge in [0, 0.05) is 31.4 Å². The van der Waals surface area contributed by atoms with E-state index < -0.39 is 0 Å². The van der Waals surface area contributed by atoms with Crippen molar-refractivity contribution in [1.29, 1.82) is 0 Å². The molecule has 1 aromatic rings. The number of hydrogen-bond donors (Lipinski definition) is 1. The SMILES string of the molecule is CCCC(C)c1c(C(=O)NC)ccc(C)c1N1CCC1. The second-order valence-corrected chi connectivity index (χ2v) is 5.80. The van der Waals surface area contributed by atoms with E-state index in [2.05, 4.69) is 37.1 Å². The summed E-state index contributed by atoms with van der Waals surface area (Å²) in [4.78, 5) is 14.6. The lowest BCUT2D eigenvalue weighted by Crippen LogP contribution is -2.39. The lowest BCUT2D eigenvalue weighted by atomic mass is 9.87. The number of amides is 1. The number of aryl methyl sites for hydroxylation is 1. The first-order valence-corrected chi connectivity index (χ1v) is 7.70. The van der Waals surface area contributed by atoms with Crippen molar-refractivity contribution in [3.05, 3.63) is 28.8 Å². The van der Waals surface area contributed by atoms with Crippen LogP contribution in [0.2, 0.25) is 0 Å². The van der Waals surface area contributed by atoms with Crippen molar-refractivity contribution >= 4 is 11.6 Å². The molecule has 0 saturated carbocycles. The van der Waals surface area contributed by atoms with Gasteiger partial charge in [0.05, 0.1) is 0 Å². The van der Waals surface area contributed by atoms with Gasteiger partial charge in [-0.05, 0) is 42.9 Å². The summed E-state index contributed by atoms with van der Waals surface area (Å²) in [5.74, 6) is 0.451. The van der Waals surface area contributed by atoms with Gasteiger partial charge in [-0.1, -0.05) is 26.3 Å². The monoisotopic (exact) mass is 274 g/mol. The van der Waals surface area contributed by atoms with Gasteiger partial charge in [-0.15, -0.1) is 0 Å². The fourth-order valence-corrected chi connectivity index (χ4v) is 3.09. The number of benzene rings is 1. The van der Waals surface area contributed by atoms with Crippen molar-refractivity contribution in [3.8, 4) is 0 Å². The Morgan fingerprint density at radius 1 is 1.40 bits per heavy atom. The third-order valence-electron chi connectivity index (χ3n) is 4.28. The number of anilines is 1. The largest absolute Gasteiger partial charge is 0.371 e. The zero-order valence-electron chi connectivity index (χ0n) is 13.1. The number of nitrogens with one attached hydrogen (secondary N) is 1. The molecule has 0 spiro atoms. The molecule has 1 aliphatic heterocycles. The van der Waals surface area contributed by atoms with E-state index in [0.717, 1.165) is 31.5 Å². The summed E-state index contributed by atoms with van der Waals surface area (Å²) < 4.78 is 0. The van der Waals surface area contributed by atoms with E-state index in [4.69, 9.17) is 0 Å². The molecule has 1 aliphatic rings. The minimum atomic E-state index is 0.0322. The zero-order chi connectivity index (χ0) is 14.7. The Bertz CT molecular complexity index is 492. The van der Waals surface area contributed by atoms with Crippen LogP contribution in [0.15, 0.2) is 12.1 Å². The molecule has 110 valence electrons. The molecule has 0 radical (unpaired) electrons. The molecule has 3 nitrogen and oxygen atoms in total. The molecule has 1 atom stereocenters. The highest BCUT2D eigenvalue weighted by Crippen LogP contribution is 2.38. The van der Waals surface area contributed by atoms with E-state index in [0.29, 0.717) is 5.92 Å².